The van der Waals surface area contributed by atoms with E-state index in [1.54, 1.807) is 0 Å². The van der Waals surface area contributed by atoms with E-state index < -0.39 is 10.8 Å². The van der Waals surface area contributed by atoms with E-state index in [0.29, 0.717) is 0 Å². The van der Waals surface area contributed by atoms with E-state index >= 15 is 0 Å². The molecule has 0 radical (unpaired) electrons. The topological polar surface area (TPSA) is 17.1 Å². The molecule has 0 aromatic carbocycles. The maximum Gasteiger partial charge on any atom is 0.0234 e. The summed E-state index contributed by atoms with van der Waals surface area (Å²) in [4.78, 5) is 0. The zero-order valence-electron chi connectivity index (χ0n) is 8.35. The van der Waals surface area contributed by atoms with E-state index in [9.17, 15) is 4.21 Å². The maximum atomic E-state index is 10.6. The summed E-state index contributed by atoms with van der Waals surface area (Å²) in [6.07, 6.45) is 3.67. The molecule has 0 atom stereocenters. The van der Waals surface area contributed by atoms with Crippen LogP contribution in [0.5, 0.6) is 0 Å². The van der Waals surface area contributed by atoms with Gasteiger partial charge in [-0.25, -0.2) is 0 Å². The third-order valence-corrected chi connectivity index (χ3v) is 2.73. The molecule has 1 nitrogen and oxygen atoms in total. The summed E-state index contributed by atoms with van der Waals surface area (Å²) in [7, 11) is -0.440. The lowest BCUT2D eigenvalue weighted by atomic mass is 10.3. The second kappa shape index (κ2) is 12.8. The van der Waals surface area contributed by atoms with Crippen LogP contribution < -0.4 is 0 Å². The first-order valence-corrected chi connectivity index (χ1v) is 6.23. The normalized spacial score (nSPS) is 17.1. The molecule has 0 aromatic rings. The van der Waals surface area contributed by atoms with Gasteiger partial charge in [0.15, 0.2) is 0 Å². The molecule has 1 aliphatic rings. The Labute approximate surface area is 74.0 Å². The summed E-state index contributed by atoms with van der Waals surface area (Å²) in [5, 5.41) is 0. The minimum atomic E-state index is -0.440. The largest absolute Gasteiger partial charge is 0.260 e. The highest BCUT2D eigenvalue weighted by atomic mass is 32.2. The second-order valence-corrected chi connectivity index (χ2v) is 3.60. The van der Waals surface area contributed by atoms with E-state index in [0.717, 1.165) is 11.5 Å². The van der Waals surface area contributed by atoms with Crippen LogP contribution in [0.25, 0.3) is 0 Å². The third-order valence-electron chi connectivity index (χ3n) is 1.24. The van der Waals surface area contributed by atoms with Gasteiger partial charge in [0.25, 0.3) is 0 Å². The van der Waals surface area contributed by atoms with Crippen LogP contribution in [0, 0.1) is 0 Å². The number of hydrogen-bond donors (Lipinski definition) is 0. The van der Waals surface area contributed by atoms with Gasteiger partial charge in [0.2, 0.25) is 0 Å². The van der Waals surface area contributed by atoms with Crippen LogP contribution in [0.3, 0.4) is 0 Å². The predicted octanol–water partition coefficient (Wildman–Crippen LogP) is 2.97. The van der Waals surface area contributed by atoms with Crippen molar-refractivity contribution in [2.24, 2.45) is 0 Å². The molecule has 70 valence electrons. The van der Waals surface area contributed by atoms with Crippen molar-refractivity contribution in [3.63, 3.8) is 0 Å². The predicted molar refractivity (Wildman–Crippen MR) is 54.4 cm³/mol. The van der Waals surface area contributed by atoms with Crippen molar-refractivity contribution >= 4 is 10.8 Å². The molecule has 0 aromatic heterocycles. The van der Waals surface area contributed by atoms with E-state index in [2.05, 4.69) is 0 Å². The minimum Gasteiger partial charge on any atom is -0.260 e. The van der Waals surface area contributed by atoms with Crippen molar-refractivity contribution in [1.29, 1.82) is 0 Å². The lowest BCUT2D eigenvalue weighted by molar-refractivity contribution is 0.658. The number of rotatable bonds is 0. The molecule has 1 aliphatic heterocycles. The summed E-state index contributed by atoms with van der Waals surface area (Å²) in [5.41, 5.74) is 0. The molecule has 2 heteroatoms. The fourth-order valence-electron chi connectivity index (χ4n) is 0.805. The minimum absolute atomic E-state index is 0.440. The van der Waals surface area contributed by atoms with E-state index in [-0.39, 0.29) is 0 Å². The van der Waals surface area contributed by atoms with Crippen molar-refractivity contribution in [3.8, 4) is 0 Å². The summed E-state index contributed by atoms with van der Waals surface area (Å²) in [5.74, 6) is 1.92. The molecule has 0 saturated carbocycles. The highest BCUT2D eigenvalue weighted by molar-refractivity contribution is 7.85. The molecule has 0 aliphatic carbocycles. The molecule has 0 amide bonds. The lowest BCUT2D eigenvalue weighted by Crippen LogP contribution is -2.08. The van der Waals surface area contributed by atoms with Crippen LogP contribution in [0.4, 0.5) is 0 Å². The van der Waals surface area contributed by atoms with Crippen molar-refractivity contribution in [1.82, 2.24) is 0 Å². The van der Waals surface area contributed by atoms with Crippen LogP contribution in [0.2, 0.25) is 0 Å². The summed E-state index contributed by atoms with van der Waals surface area (Å²) in [6.45, 7) is 8.00. The SMILES string of the molecule is CC.CC.O=S1CCCCC1. The first-order valence-electron chi connectivity index (χ1n) is 4.74. The first kappa shape index (κ1) is 13.7. The molecular weight excluding hydrogens is 156 g/mol. The fraction of sp³-hybridized carbons (Fsp3) is 1.00. The van der Waals surface area contributed by atoms with Crippen LogP contribution >= 0.6 is 0 Å². The zero-order valence-corrected chi connectivity index (χ0v) is 9.17. The smallest absolute Gasteiger partial charge is 0.0234 e. The Kier molecular flexibility index (Phi) is 16.0. The molecule has 0 spiro atoms. The Balaban J connectivity index is 0. The van der Waals surface area contributed by atoms with E-state index in [4.69, 9.17) is 0 Å². The average molecular weight is 178 g/mol. The summed E-state index contributed by atoms with van der Waals surface area (Å²) >= 11 is 0. The van der Waals surface area contributed by atoms with E-state index in [1.165, 1.54) is 19.3 Å². The van der Waals surface area contributed by atoms with Gasteiger partial charge in [-0.15, -0.1) is 0 Å². The summed E-state index contributed by atoms with van der Waals surface area (Å²) < 4.78 is 10.6. The standard InChI is InChI=1S/C5H10OS.2C2H6/c6-7-4-2-1-3-5-7;2*1-2/h1-5H2;2*1-2H3. The number of hydrogen-bond acceptors (Lipinski definition) is 1. The molecule has 1 rings (SSSR count). The Hall–Kier alpha value is 0.150. The highest BCUT2D eigenvalue weighted by Crippen LogP contribution is 2.05. The van der Waals surface area contributed by atoms with Crippen LogP contribution in [-0.4, -0.2) is 15.7 Å². The molecule has 1 saturated heterocycles. The highest BCUT2D eigenvalue weighted by Gasteiger charge is 2.04. The second-order valence-electron chi connectivity index (χ2n) is 1.91. The molecular formula is C9H22OS. The zero-order chi connectivity index (χ0) is 9.11. The Morgan fingerprint density at radius 1 is 0.818 bits per heavy atom. The van der Waals surface area contributed by atoms with Gasteiger partial charge in [-0.3, -0.25) is 4.21 Å². The molecule has 1 heterocycles. The maximum absolute atomic E-state index is 10.6. The van der Waals surface area contributed by atoms with Crippen LogP contribution in [0.15, 0.2) is 0 Å². The Morgan fingerprint density at radius 3 is 1.36 bits per heavy atom. The van der Waals surface area contributed by atoms with Gasteiger partial charge < -0.3 is 0 Å². The molecule has 0 unspecified atom stereocenters. The molecule has 0 N–H and O–H groups in total. The van der Waals surface area contributed by atoms with Gasteiger partial charge in [-0.2, -0.15) is 0 Å². The van der Waals surface area contributed by atoms with Crippen molar-refractivity contribution in [3.05, 3.63) is 0 Å². The first-order chi connectivity index (χ1) is 5.39. The van der Waals surface area contributed by atoms with Gasteiger partial charge in [0, 0.05) is 22.3 Å². The lowest BCUT2D eigenvalue weighted by Gasteiger charge is -2.06. The van der Waals surface area contributed by atoms with Gasteiger partial charge in [-0.1, -0.05) is 34.1 Å². The summed E-state index contributed by atoms with van der Waals surface area (Å²) in [6, 6.07) is 0. The third kappa shape index (κ3) is 10.2. The Morgan fingerprint density at radius 2 is 1.18 bits per heavy atom. The van der Waals surface area contributed by atoms with Crippen LogP contribution in [-0.2, 0) is 10.8 Å². The van der Waals surface area contributed by atoms with Gasteiger partial charge in [-0.05, 0) is 12.8 Å². The van der Waals surface area contributed by atoms with Crippen molar-refractivity contribution in [2.45, 2.75) is 47.0 Å². The average Bonchev–Trinajstić information content (AvgIpc) is 2.13. The van der Waals surface area contributed by atoms with Gasteiger partial charge >= 0.3 is 0 Å². The molecule has 0 bridgehead atoms. The molecule has 1 fully saturated rings. The van der Waals surface area contributed by atoms with Crippen LogP contribution in [0.1, 0.15) is 47.0 Å². The Bertz CT molecular complexity index is 73.6. The van der Waals surface area contributed by atoms with E-state index in [1.807, 2.05) is 27.7 Å². The van der Waals surface area contributed by atoms with Crippen molar-refractivity contribution < 1.29 is 4.21 Å². The monoisotopic (exact) mass is 178 g/mol. The van der Waals surface area contributed by atoms with Gasteiger partial charge in [0.1, 0.15) is 0 Å². The molecule has 11 heavy (non-hydrogen) atoms. The fourth-order valence-corrected chi connectivity index (χ4v) is 2.06. The quantitative estimate of drug-likeness (QED) is 0.557. The van der Waals surface area contributed by atoms with Gasteiger partial charge in [0.05, 0.1) is 0 Å². The van der Waals surface area contributed by atoms with Crippen molar-refractivity contribution in [2.75, 3.05) is 11.5 Å².